The molecule has 0 saturated carbocycles. The Hall–Kier alpha value is -3.84. The molecule has 1 amide bonds. The number of hydrogen-bond acceptors (Lipinski definition) is 5. The molecule has 0 saturated heterocycles. The Bertz CT molecular complexity index is 1300. The van der Waals surface area contributed by atoms with Crippen LogP contribution in [0.2, 0.25) is 5.02 Å². The van der Waals surface area contributed by atoms with Gasteiger partial charge in [0.05, 0.1) is 29.4 Å². The Morgan fingerprint density at radius 1 is 1.06 bits per heavy atom. The number of imidazole rings is 1. The number of nitrogens with zero attached hydrogens (tertiary/aromatic N) is 1. The van der Waals surface area contributed by atoms with E-state index >= 15 is 0 Å². The first-order chi connectivity index (χ1) is 15.4. The Morgan fingerprint density at radius 2 is 1.84 bits per heavy atom. The SMILES string of the molecule is COc1ccc(Cl)cc1NC(=O)COC(=O)c1ccc2nc(-c3ccc(C)cc3)[nH]c2c1. The summed E-state index contributed by atoms with van der Waals surface area (Å²) in [6.07, 6.45) is 0. The first-order valence-electron chi connectivity index (χ1n) is 9.80. The highest BCUT2D eigenvalue weighted by Crippen LogP contribution is 2.27. The molecule has 8 heteroatoms. The third kappa shape index (κ3) is 4.73. The molecule has 4 aromatic rings. The number of hydrogen-bond donors (Lipinski definition) is 2. The molecule has 32 heavy (non-hydrogen) atoms. The number of amides is 1. The van der Waals surface area contributed by atoms with Crippen molar-refractivity contribution in [3.05, 3.63) is 76.8 Å². The minimum Gasteiger partial charge on any atom is -0.495 e. The monoisotopic (exact) mass is 449 g/mol. The van der Waals surface area contributed by atoms with E-state index in [0.29, 0.717) is 33.4 Å². The van der Waals surface area contributed by atoms with E-state index in [1.165, 1.54) is 7.11 Å². The van der Waals surface area contributed by atoms with Gasteiger partial charge in [-0.2, -0.15) is 0 Å². The smallest absolute Gasteiger partial charge is 0.338 e. The van der Waals surface area contributed by atoms with Crippen molar-refractivity contribution in [3.8, 4) is 17.1 Å². The molecule has 0 unspecified atom stereocenters. The van der Waals surface area contributed by atoms with Gasteiger partial charge in [0.2, 0.25) is 0 Å². The molecule has 4 rings (SSSR count). The van der Waals surface area contributed by atoms with Gasteiger partial charge in [-0.3, -0.25) is 4.79 Å². The van der Waals surface area contributed by atoms with Crippen molar-refractivity contribution in [2.75, 3.05) is 19.0 Å². The number of aryl methyl sites for hydroxylation is 1. The maximum Gasteiger partial charge on any atom is 0.338 e. The second-order valence-electron chi connectivity index (χ2n) is 7.15. The number of carbonyl (C=O) groups excluding carboxylic acids is 2. The lowest BCUT2D eigenvalue weighted by molar-refractivity contribution is -0.119. The molecular formula is C24H20ClN3O4. The summed E-state index contributed by atoms with van der Waals surface area (Å²) in [7, 11) is 1.48. The molecule has 0 aliphatic heterocycles. The zero-order chi connectivity index (χ0) is 22.7. The van der Waals surface area contributed by atoms with Gasteiger partial charge in [0.25, 0.3) is 5.91 Å². The number of esters is 1. The van der Waals surface area contributed by atoms with E-state index in [-0.39, 0.29) is 0 Å². The Morgan fingerprint density at radius 3 is 2.59 bits per heavy atom. The molecule has 0 bridgehead atoms. The number of fused-ring (bicyclic) bond motifs is 1. The Labute approximate surface area is 189 Å². The molecule has 0 aliphatic carbocycles. The van der Waals surface area contributed by atoms with E-state index in [1.807, 2.05) is 31.2 Å². The van der Waals surface area contributed by atoms with Crippen molar-refractivity contribution >= 4 is 40.2 Å². The van der Waals surface area contributed by atoms with Crippen LogP contribution < -0.4 is 10.1 Å². The molecule has 162 valence electrons. The van der Waals surface area contributed by atoms with Crippen molar-refractivity contribution in [1.82, 2.24) is 9.97 Å². The Balaban J connectivity index is 1.43. The number of carbonyl (C=O) groups is 2. The van der Waals surface area contributed by atoms with E-state index < -0.39 is 18.5 Å². The van der Waals surface area contributed by atoms with Crippen molar-refractivity contribution < 1.29 is 19.1 Å². The fourth-order valence-electron chi connectivity index (χ4n) is 3.16. The highest BCUT2D eigenvalue weighted by molar-refractivity contribution is 6.31. The second kappa shape index (κ2) is 9.11. The van der Waals surface area contributed by atoms with E-state index in [2.05, 4.69) is 15.3 Å². The summed E-state index contributed by atoms with van der Waals surface area (Å²) in [5.74, 6) is 0.0262. The lowest BCUT2D eigenvalue weighted by Gasteiger charge is -2.10. The molecule has 0 fully saturated rings. The summed E-state index contributed by atoms with van der Waals surface area (Å²) in [6, 6.07) is 17.8. The largest absolute Gasteiger partial charge is 0.495 e. The molecule has 1 heterocycles. The number of benzene rings is 3. The lowest BCUT2D eigenvalue weighted by Crippen LogP contribution is -2.21. The topological polar surface area (TPSA) is 93.3 Å². The van der Waals surface area contributed by atoms with E-state index in [9.17, 15) is 9.59 Å². The average Bonchev–Trinajstić information content (AvgIpc) is 3.21. The number of H-pyrrole nitrogens is 1. The van der Waals surface area contributed by atoms with Crippen LogP contribution in [-0.2, 0) is 9.53 Å². The summed E-state index contributed by atoms with van der Waals surface area (Å²) in [5.41, 5.74) is 4.23. The van der Waals surface area contributed by atoms with E-state index in [0.717, 1.165) is 16.6 Å². The minimum atomic E-state index is -0.619. The number of methoxy groups -OCH3 is 1. The number of ether oxygens (including phenoxy) is 2. The lowest BCUT2D eigenvalue weighted by atomic mass is 10.1. The van der Waals surface area contributed by atoms with E-state index in [1.54, 1.807) is 36.4 Å². The summed E-state index contributed by atoms with van der Waals surface area (Å²) >= 11 is 5.96. The zero-order valence-corrected chi connectivity index (χ0v) is 18.2. The van der Waals surface area contributed by atoms with Gasteiger partial charge >= 0.3 is 5.97 Å². The van der Waals surface area contributed by atoms with Gasteiger partial charge in [0.1, 0.15) is 11.6 Å². The van der Waals surface area contributed by atoms with Crippen LogP contribution in [0.1, 0.15) is 15.9 Å². The summed E-state index contributed by atoms with van der Waals surface area (Å²) in [4.78, 5) is 32.5. The van der Waals surface area contributed by atoms with Crippen LogP contribution >= 0.6 is 11.6 Å². The molecule has 1 aromatic heterocycles. The molecule has 0 aliphatic rings. The van der Waals surface area contributed by atoms with Gasteiger partial charge in [-0.15, -0.1) is 0 Å². The number of nitrogens with one attached hydrogen (secondary N) is 2. The fraction of sp³-hybridized carbons (Fsp3) is 0.125. The fourth-order valence-corrected chi connectivity index (χ4v) is 3.34. The summed E-state index contributed by atoms with van der Waals surface area (Å²) in [5, 5.41) is 3.06. The van der Waals surface area contributed by atoms with Gasteiger partial charge < -0.3 is 19.8 Å². The van der Waals surface area contributed by atoms with Gasteiger partial charge in [0, 0.05) is 10.6 Å². The first kappa shape index (κ1) is 21.4. The predicted octanol–water partition coefficient (Wildman–Crippen LogP) is 5.00. The molecule has 0 radical (unpaired) electrons. The normalized spacial score (nSPS) is 10.7. The van der Waals surface area contributed by atoms with Gasteiger partial charge in [-0.25, -0.2) is 9.78 Å². The molecule has 2 N–H and O–H groups in total. The number of rotatable bonds is 6. The third-order valence-electron chi connectivity index (χ3n) is 4.81. The minimum absolute atomic E-state index is 0.310. The first-order valence-corrected chi connectivity index (χ1v) is 10.2. The highest BCUT2D eigenvalue weighted by atomic mass is 35.5. The summed E-state index contributed by atoms with van der Waals surface area (Å²) in [6.45, 7) is 1.57. The van der Waals surface area contributed by atoms with Gasteiger partial charge in [0.15, 0.2) is 6.61 Å². The van der Waals surface area contributed by atoms with Crippen LogP contribution in [0.15, 0.2) is 60.7 Å². The van der Waals surface area contributed by atoms with Crippen LogP contribution in [0.25, 0.3) is 22.4 Å². The van der Waals surface area contributed by atoms with Crippen LogP contribution in [0.3, 0.4) is 0 Å². The highest BCUT2D eigenvalue weighted by Gasteiger charge is 2.14. The maximum atomic E-state index is 12.5. The molecule has 3 aromatic carbocycles. The van der Waals surface area contributed by atoms with Crippen LogP contribution in [-0.4, -0.2) is 35.6 Å². The number of anilines is 1. The van der Waals surface area contributed by atoms with Crippen molar-refractivity contribution in [3.63, 3.8) is 0 Å². The van der Waals surface area contributed by atoms with Crippen LogP contribution in [0.4, 0.5) is 5.69 Å². The number of aromatic amines is 1. The molecule has 0 spiro atoms. The second-order valence-corrected chi connectivity index (χ2v) is 7.59. The third-order valence-corrected chi connectivity index (χ3v) is 5.05. The van der Waals surface area contributed by atoms with E-state index in [4.69, 9.17) is 21.1 Å². The van der Waals surface area contributed by atoms with Crippen molar-refractivity contribution in [2.24, 2.45) is 0 Å². The number of aromatic nitrogens is 2. The molecule has 0 atom stereocenters. The van der Waals surface area contributed by atoms with Gasteiger partial charge in [-0.05, 0) is 43.3 Å². The molecule has 7 nitrogen and oxygen atoms in total. The maximum absolute atomic E-state index is 12.5. The Kier molecular flexibility index (Phi) is 6.09. The van der Waals surface area contributed by atoms with Crippen molar-refractivity contribution in [1.29, 1.82) is 0 Å². The van der Waals surface area contributed by atoms with Gasteiger partial charge in [-0.1, -0.05) is 41.4 Å². The molecular weight excluding hydrogens is 430 g/mol. The number of halogens is 1. The standard InChI is InChI=1S/C24H20ClN3O4/c1-14-3-5-15(6-4-14)23-27-18-9-7-16(11-19(18)28-23)24(30)32-13-22(29)26-20-12-17(25)8-10-21(20)31-2/h3-12H,13H2,1-2H3,(H,26,29)(H,27,28). The zero-order valence-electron chi connectivity index (χ0n) is 17.4. The average molecular weight is 450 g/mol. The van der Waals surface area contributed by atoms with Crippen molar-refractivity contribution in [2.45, 2.75) is 6.92 Å². The van der Waals surface area contributed by atoms with Crippen LogP contribution in [0.5, 0.6) is 5.75 Å². The van der Waals surface area contributed by atoms with Crippen LogP contribution in [0, 0.1) is 6.92 Å². The predicted molar refractivity (Wildman–Crippen MR) is 123 cm³/mol. The quantitative estimate of drug-likeness (QED) is 0.404. The summed E-state index contributed by atoms with van der Waals surface area (Å²) < 4.78 is 10.3.